The number of rotatable bonds is 5. The first kappa shape index (κ1) is 25.6. The van der Waals surface area contributed by atoms with E-state index in [1.54, 1.807) is 11.5 Å². The van der Waals surface area contributed by atoms with Crippen molar-refractivity contribution in [2.75, 3.05) is 5.32 Å². The molecule has 1 saturated carbocycles. The SMILES string of the molecule is Cc1ncc(-c2c(=O)n(C3(C)CC3)cc3c(N[C@H](C)c4cccc(C(F)(F)F)c4F)nn(C)c(=O)c23)cn1. The van der Waals surface area contributed by atoms with Crippen molar-refractivity contribution in [2.45, 2.75) is 51.4 Å². The van der Waals surface area contributed by atoms with E-state index < -0.39 is 40.3 Å². The number of nitrogens with one attached hydrogen (secondary N) is 1. The van der Waals surface area contributed by atoms with Crippen molar-refractivity contribution < 1.29 is 17.6 Å². The second-order valence-electron chi connectivity index (χ2n) is 9.83. The summed E-state index contributed by atoms with van der Waals surface area (Å²) in [5.74, 6) is -0.801. The van der Waals surface area contributed by atoms with Gasteiger partial charge in [0.05, 0.1) is 22.6 Å². The number of aromatic nitrogens is 5. The summed E-state index contributed by atoms with van der Waals surface area (Å²) in [6.45, 7) is 5.09. The molecule has 5 rings (SSSR count). The molecule has 0 saturated heterocycles. The maximum atomic E-state index is 14.9. The number of benzene rings is 1. The summed E-state index contributed by atoms with van der Waals surface area (Å²) in [5.41, 5.74) is -2.57. The van der Waals surface area contributed by atoms with Crippen LogP contribution in [0.3, 0.4) is 0 Å². The number of hydrogen-bond donors (Lipinski definition) is 1. The van der Waals surface area contributed by atoms with Crippen LogP contribution >= 0.6 is 0 Å². The third-order valence-electron chi connectivity index (χ3n) is 7.00. The lowest BCUT2D eigenvalue weighted by atomic mass is 10.0. The lowest BCUT2D eigenvalue weighted by Gasteiger charge is -2.22. The predicted octanol–water partition coefficient (Wildman–Crippen LogP) is 4.70. The Morgan fingerprint density at radius 2 is 1.76 bits per heavy atom. The highest BCUT2D eigenvalue weighted by Crippen LogP contribution is 2.43. The van der Waals surface area contributed by atoms with Crippen LogP contribution in [0.1, 0.15) is 49.7 Å². The summed E-state index contributed by atoms with van der Waals surface area (Å²) >= 11 is 0. The Hall–Kier alpha value is -4.09. The molecule has 8 nitrogen and oxygen atoms in total. The summed E-state index contributed by atoms with van der Waals surface area (Å²) in [4.78, 5) is 35.4. The fourth-order valence-electron chi connectivity index (χ4n) is 4.53. The smallest absolute Gasteiger partial charge is 0.361 e. The van der Waals surface area contributed by atoms with E-state index in [1.807, 2.05) is 6.92 Å². The maximum Gasteiger partial charge on any atom is 0.419 e. The molecule has 3 aromatic heterocycles. The maximum absolute atomic E-state index is 14.9. The minimum absolute atomic E-state index is 0.0552. The molecule has 38 heavy (non-hydrogen) atoms. The van der Waals surface area contributed by atoms with Gasteiger partial charge in [-0.1, -0.05) is 12.1 Å². The Labute approximate surface area is 214 Å². The van der Waals surface area contributed by atoms with Gasteiger partial charge in [0.25, 0.3) is 11.1 Å². The number of fused-ring (bicyclic) bond motifs is 1. The average Bonchev–Trinajstić information content (AvgIpc) is 3.60. The second-order valence-corrected chi connectivity index (χ2v) is 9.83. The van der Waals surface area contributed by atoms with Crippen molar-refractivity contribution in [1.82, 2.24) is 24.3 Å². The number of halogens is 4. The van der Waals surface area contributed by atoms with E-state index >= 15 is 0 Å². The molecule has 0 bridgehead atoms. The van der Waals surface area contributed by atoms with Crippen molar-refractivity contribution in [1.29, 1.82) is 0 Å². The Balaban J connectivity index is 1.75. The molecule has 1 atom stereocenters. The van der Waals surface area contributed by atoms with Crippen molar-refractivity contribution in [3.8, 4) is 11.1 Å². The van der Waals surface area contributed by atoms with Gasteiger partial charge in [0.1, 0.15) is 11.6 Å². The third kappa shape index (κ3) is 4.23. The van der Waals surface area contributed by atoms with E-state index in [9.17, 15) is 27.2 Å². The topological polar surface area (TPSA) is 94.7 Å². The second kappa shape index (κ2) is 8.74. The van der Waals surface area contributed by atoms with Crippen LogP contribution in [0.15, 0.2) is 46.4 Å². The molecule has 1 fully saturated rings. The molecular formula is C26H24F4N6O2. The van der Waals surface area contributed by atoms with E-state index in [0.717, 1.165) is 23.6 Å². The minimum atomic E-state index is -4.86. The summed E-state index contributed by atoms with van der Waals surface area (Å²) in [6, 6.07) is 2.10. The van der Waals surface area contributed by atoms with Crippen molar-refractivity contribution in [2.24, 2.45) is 7.05 Å². The summed E-state index contributed by atoms with van der Waals surface area (Å²) in [5, 5.41) is 7.59. The van der Waals surface area contributed by atoms with E-state index in [-0.39, 0.29) is 27.7 Å². The van der Waals surface area contributed by atoms with Gasteiger partial charge in [0.2, 0.25) is 0 Å². The Bertz CT molecular complexity index is 1690. The zero-order valence-electron chi connectivity index (χ0n) is 21.0. The van der Waals surface area contributed by atoms with Crippen LogP contribution in [0.4, 0.5) is 23.4 Å². The summed E-state index contributed by atoms with van der Waals surface area (Å²) in [7, 11) is 1.39. The van der Waals surface area contributed by atoms with Gasteiger partial charge >= 0.3 is 6.18 Å². The van der Waals surface area contributed by atoms with Gasteiger partial charge in [-0.25, -0.2) is 19.0 Å². The van der Waals surface area contributed by atoms with Crippen molar-refractivity contribution in [3.05, 3.63) is 80.3 Å². The van der Waals surface area contributed by atoms with E-state index in [2.05, 4.69) is 20.4 Å². The lowest BCUT2D eigenvalue weighted by Crippen LogP contribution is -2.32. The van der Waals surface area contributed by atoms with Gasteiger partial charge in [-0.15, -0.1) is 0 Å². The molecule has 0 aliphatic heterocycles. The fourth-order valence-corrected chi connectivity index (χ4v) is 4.53. The fraction of sp³-hybridized carbons (Fsp3) is 0.346. The summed E-state index contributed by atoms with van der Waals surface area (Å²) in [6.07, 6.45) is 1.10. The van der Waals surface area contributed by atoms with Crippen molar-refractivity contribution >= 4 is 16.6 Å². The number of nitrogens with zero attached hydrogens (tertiary/aromatic N) is 5. The Morgan fingerprint density at radius 1 is 1.11 bits per heavy atom. The Morgan fingerprint density at radius 3 is 2.37 bits per heavy atom. The number of alkyl halides is 3. The number of anilines is 1. The first-order valence-electron chi connectivity index (χ1n) is 11.9. The standard InChI is InChI=1S/C26H24F4N6O2/c1-13(16-6-5-7-18(21(16)27)26(28,29)30)33-22-17-12-36(25(3)8-9-25)24(38)19(15-10-31-14(2)32-11-15)20(17)23(37)35(4)34-22/h5-7,10-13H,8-9H2,1-4H3,(H,33,34)/t13-/m1/s1. The normalized spacial score (nSPS) is 15.5. The Kier molecular flexibility index (Phi) is 5.88. The van der Waals surface area contributed by atoms with Gasteiger partial charge < -0.3 is 9.88 Å². The molecule has 198 valence electrons. The van der Waals surface area contributed by atoms with Gasteiger partial charge in [-0.3, -0.25) is 9.59 Å². The zero-order valence-corrected chi connectivity index (χ0v) is 21.0. The van der Waals surface area contributed by atoms with Crippen LogP contribution in [-0.4, -0.2) is 24.3 Å². The molecule has 1 aliphatic carbocycles. The molecule has 0 radical (unpaired) electrons. The lowest BCUT2D eigenvalue weighted by molar-refractivity contribution is -0.140. The van der Waals surface area contributed by atoms with Crippen LogP contribution in [0, 0.1) is 12.7 Å². The predicted molar refractivity (Wildman–Crippen MR) is 133 cm³/mol. The van der Waals surface area contributed by atoms with E-state index in [0.29, 0.717) is 17.5 Å². The number of aryl methyl sites for hydroxylation is 2. The molecule has 1 aliphatic rings. The molecule has 1 aromatic carbocycles. The monoisotopic (exact) mass is 528 g/mol. The van der Waals surface area contributed by atoms with E-state index in [1.165, 1.54) is 38.6 Å². The van der Waals surface area contributed by atoms with Crippen LogP contribution in [0.2, 0.25) is 0 Å². The van der Waals surface area contributed by atoms with E-state index in [4.69, 9.17) is 0 Å². The van der Waals surface area contributed by atoms with Gasteiger partial charge in [-0.05, 0) is 39.7 Å². The molecule has 4 aromatic rings. The molecule has 3 heterocycles. The van der Waals surface area contributed by atoms with Crippen LogP contribution < -0.4 is 16.4 Å². The minimum Gasteiger partial charge on any atom is -0.361 e. The van der Waals surface area contributed by atoms with Crippen LogP contribution in [0.25, 0.3) is 21.9 Å². The molecular weight excluding hydrogens is 504 g/mol. The molecule has 0 spiro atoms. The van der Waals surface area contributed by atoms with Gasteiger partial charge in [0.15, 0.2) is 5.82 Å². The largest absolute Gasteiger partial charge is 0.419 e. The first-order valence-corrected chi connectivity index (χ1v) is 11.9. The highest BCUT2D eigenvalue weighted by Gasteiger charge is 2.41. The van der Waals surface area contributed by atoms with Gasteiger partial charge in [0, 0.05) is 47.7 Å². The molecule has 12 heteroatoms. The van der Waals surface area contributed by atoms with Crippen molar-refractivity contribution in [3.63, 3.8) is 0 Å². The first-order chi connectivity index (χ1) is 17.8. The third-order valence-corrected chi connectivity index (χ3v) is 7.00. The zero-order chi connectivity index (χ0) is 27.6. The highest BCUT2D eigenvalue weighted by molar-refractivity contribution is 6.00. The highest BCUT2D eigenvalue weighted by atomic mass is 19.4. The molecule has 0 unspecified atom stereocenters. The van der Waals surface area contributed by atoms with Gasteiger partial charge in [-0.2, -0.15) is 18.3 Å². The molecule has 1 N–H and O–H groups in total. The average molecular weight is 529 g/mol. The number of hydrogen-bond acceptors (Lipinski definition) is 6. The van der Waals surface area contributed by atoms with Crippen LogP contribution in [-0.2, 0) is 18.8 Å². The van der Waals surface area contributed by atoms with Crippen LogP contribution in [0.5, 0.6) is 0 Å². The molecule has 0 amide bonds. The summed E-state index contributed by atoms with van der Waals surface area (Å²) < 4.78 is 57.4. The number of pyridine rings is 1. The quantitative estimate of drug-likeness (QED) is 0.378.